The maximum Gasteiger partial charge on any atom is 0.329 e. The number of nitrogens with zero attached hydrogens (tertiary/aromatic N) is 1. The monoisotopic (exact) mass is 186 g/mol. The Hall–Kier alpha value is -1.29. The Bertz CT molecular complexity index is 405. The minimum absolute atomic E-state index is 0.114. The van der Waals surface area contributed by atoms with E-state index in [1.165, 1.54) is 10.6 Å². The van der Waals surface area contributed by atoms with Gasteiger partial charge in [-0.15, -0.1) is 6.58 Å². The van der Waals surface area contributed by atoms with Gasteiger partial charge in [-0.3, -0.25) is 14.3 Å². The van der Waals surface area contributed by atoms with Crippen LogP contribution in [0.4, 0.5) is 0 Å². The first-order valence-corrected chi connectivity index (χ1v) is 3.63. The normalized spacial score (nSPS) is 9.75. The van der Waals surface area contributed by atoms with Gasteiger partial charge in [-0.25, -0.2) is 4.79 Å². The minimum Gasteiger partial charge on any atom is -0.280 e. The molecule has 5 heteroatoms. The van der Waals surface area contributed by atoms with Crippen molar-refractivity contribution in [1.82, 2.24) is 9.55 Å². The van der Waals surface area contributed by atoms with Crippen LogP contribution in [0.5, 0.6) is 0 Å². The predicted octanol–water partition coefficient (Wildman–Crippen LogP) is 0.376. The van der Waals surface area contributed by atoms with Crippen molar-refractivity contribution in [2.24, 2.45) is 0 Å². The van der Waals surface area contributed by atoms with E-state index in [9.17, 15) is 9.59 Å². The van der Waals surface area contributed by atoms with Crippen molar-refractivity contribution in [3.8, 4) is 0 Å². The lowest BCUT2D eigenvalue weighted by molar-refractivity contribution is 0.738. The maximum absolute atomic E-state index is 11.0. The number of rotatable bonds is 2. The summed E-state index contributed by atoms with van der Waals surface area (Å²) in [4.78, 5) is 23.8. The van der Waals surface area contributed by atoms with Crippen molar-refractivity contribution in [1.29, 1.82) is 0 Å². The van der Waals surface area contributed by atoms with Crippen molar-refractivity contribution in [3.05, 3.63) is 44.7 Å². The molecule has 0 unspecified atom stereocenters. The summed E-state index contributed by atoms with van der Waals surface area (Å²) in [5.74, 6) is 0. The molecule has 1 aromatic rings. The number of aromatic nitrogens is 2. The Morgan fingerprint density at radius 2 is 2.33 bits per heavy atom. The summed E-state index contributed by atoms with van der Waals surface area (Å²) in [7, 11) is 0. The summed E-state index contributed by atoms with van der Waals surface area (Å²) in [5.41, 5.74) is -1.02. The molecule has 12 heavy (non-hydrogen) atoms. The number of halogens is 1. The van der Waals surface area contributed by atoms with E-state index in [4.69, 9.17) is 11.6 Å². The number of allylic oxidation sites excluding steroid dienone is 1. The molecule has 0 saturated heterocycles. The molecular weight excluding hydrogens is 180 g/mol. The Morgan fingerprint density at radius 1 is 1.67 bits per heavy atom. The molecule has 64 valence electrons. The van der Waals surface area contributed by atoms with Crippen LogP contribution < -0.4 is 11.2 Å². The van der Waals surface area contributed by atoms with Crippen LogP contribution in [0.25, 0.3) is 0 Å². The SMILES string of the molecule is C=CCn1c(Cl)cc(=O)[nH]c1=O. The van der Waals surface area contributed by atoms with Gasteiger partial charge in [0, 0.05) is 12.6 Å². The van der Waals surface area contributed by atoms with Gasteiger partial charge in [-0.2, -0.15) is 0 Å². The third-order valence-electron chi connectivity index (χ3n) is 1.30. The molecule has 0 aromatic carbocycles. The molecule has 4 nitrogen and oxygen atoms in total. The van der Waals surface area contributed by atoms with Gasteiger partial charge in [0.05, 0.1) is 0 Å². The van der Waals surface area contributed by atoms with E-state index >= 15 is 0 Å². The van der Waals surface area contributed by atoms with Crippen molar-refractivity contribution < 1.29 is 0 Å². The van der Waals surface area contributed by atoms with Gasteiger partial charge in [0.2, 0.25) is 0 Å². The van der Waals surface area contributed by atoms with E-state index in [0.29, 0.717) is 0 Å². The van der Waals surface area contributed by atoms with Crippen LogP contribution in [0, 0.1) is 0 Å². The van der Waals surface area contributed by atoms with Crippen molar-refractivity contribution in [2.75, 3.05) is 0 Å². The molecule has 0 bridgehead atoms. The molecule has 0 fully saturated rings. The molecule has 1 heterocycles. The molecule has 1 aromatic heterocycles. The lowest BCUT2D eigenvalue weighted by atomic mass is 10.5. The molecule has 0 amide bonds. The second-order valence-electron chi connectivity index (χ2n) is 2.16. The van der Waals surface area contributed by atoms with Crippen molar-refractivity contribution in [2.45, 2.75) is 6.54 Å². The van der Waals surface area contributed by atoms with Crippen LogP contribution in [0.1, 0.15) is 0 Å². The summed E-state index contributed by atoms with van der Waals surface area (Å²) in [6.45, 7) is 3.74. The van der Waals surface area contributed by atoms with Gasteiger partial charge in [0.1, 0.15) is 5.15 Å². The van der Waals surface area contributed by atoms with Gasteiger partial charge in [-0.05, 0) is 0 Å². The van der Waals surface area contributed by atoms with E-state index < -0.39 is 11.2 Å². The van der Waals surface area contributed by atoms with Gasteiger partial charge in [0.25, 0.3) is 5.56 Å². The number of hydrogen-bond acceptors (Lipinski definition) is 2. The summed E-state index contributed by atoms with van der Waals surface area (Å²) in [5, 5.41) is 0.114. The number of aromatic amines is 1. The lowest BCUT2D eigenvalue weighted by Gasteiger charge is -2.01. The van der Waals surface area contributed by atoms with Crippen LogP contribution >= 0.6 is 11.6 Å². The first kappa shape index (κ1) is 8.80. The highest BCUT2D eigenvalue weighted by Crippen LogP contribution is 1.99. The second kappa shape index (κ2) is 3.40. The Kier molecular flexibility index (Phi) is 2.50. The topological polar surface area (TPSA) is 54.9 Å². The summed E-state index contributed by atoms with van der Waals surface area (Å²) < 4.78 is 1.20. The van der Waals surface area contributed by atoms with Gasteiger partial charge >= 0.3 is 5.69 Å². The van der Waals surface area contributed by atoms with Crippen LogP contribution in [0.15, 0.2) is 28.3 Å². The van der Waals surface area contributed by atoms with Crippen molar-refractivity contribution >= 4 is 11.6 Å². The fourth-order valence-electron chi connectivity index (χ4n) is 0.791. The second-order valence-corrected chi connectivity index (χ2v) is 2.55. The molecule has 1 N–H and O–H groups in total. The van der Waals surface area contributed by atoms with E-state index in [-0.39, 0.29) is 11.7 Å². The van der Waals surface area contributed by atoms with Crippen LogP contribution in [-0.2, 0) is 6.54 Å². The van der Waals surface area contributed by atoms with Gasteiger partial charge < -0.3 is 0 Å². The minimum atomic E-state index is -0.521. The maximum atomic E-state index is 11.0. The van der Waals surface area contributed by atoms with Crippen LogP contribution in [0.3, 0.4) is 0 Å². The van der Waals surface area contributed by atoms with Crippen LogP contribution in [0.2, 0.25) is 5.15 Å². The Morgan fingerprint density at radius 3 is 2.83 bits per heavy atom. The molecular formula is C7H7ClN2O2. The number of nitrogens with one attached hydrogen (secondary N) is 1. The first-order valence-electron chi connectivity index (χ1n) is 3.25. The van der Waals surface area contributed by atoms with E-state index in [1.54, 1.807) is 0 Å². The predicted molar refractivity (Wildman–Crippen MR) is 46.5 cm³/mol. The molecule has 0 atom stereocenters. The zero-order chi connectivity index (χ0) is 9.14. The largest absolute Gasteiger partial charge is 0.329 e. The van der Waals surface area contributed by atoms with Gasteiger partial charge in [0.15, 0.2) is 0 Å². The number of hydrogen-bond donors (Lipinski definition) is 1. The highest BCUT2D eigenvalue weighted by Gasteiger charge is 2.00. The zero-order valence-corrected chi connectivity index (χ0v) is 6.97. The third kappa shape index (κ3) is 1.65. The molecule has 1 rings (SSSR count). The molecule has 0 spiro atoms. The fraction of sp³-hybridized carbons (Fsp3) is 0.143. The van der Waals surface area contributed by atoms with Crippen molar-refractivity contribution in [3.63, 3.8) is 0 Å². The molecule has 0 saturated carbocycles. The highest BCUT2D eigenvalue weighted by molar-refractivity contribution is 6.29. The summed E-state index contributed by atoms with van der Waals surface area (Å²) >= 11 is 5.61. The Balaban J connectivity index is 3.38. The van der Waals surface area contributed by atoms with E-state index in [2.05, 4.69) is 11.6 Å². The molecule has 0 radical (unpaired) electrons. The van der Waals surface area contributed by atoms with Gasteiger partial charge in [-0.1, -0.05) is 17.7 Å². The first-order chi connectivity index (χ1) is 5.65. The average Bonchev–Trinajstić information content (AvgIpc) is 1.96. The zero-order valence-electron chi connectivity index (χ0n) is 6.21. The standard InChI is InChI=1S/C7H7ClN2O2/c1-2-3-10-5(8)4-6(11)9-7(10)12/h2,4H,1,3H2,(H,9,11,12). The smallest absolute Gasteiger partial charge is 0.280 e. The highest BCUT2D eigenvalue weighted by atomic mass is 35.5. The Labute approximate surface area is 73.1 Å². The third-order valence-corrected chi connectivity index (χ3v) is 1.61. The van der Waals surface area contributed by atoms with E-state index in [0.717, 1.165) is 6.07 Å². The van der Waals surface area contributed by atoms with E-state index in [1.807, 2.05) is 0 Å². The fourth-order valence-corrected chi connectivity index (χ4v) is 1.04. The number of H-pyrrole nitrogens is 1. The lowest BCUT2D eigenvalue weighted by Crippen LogP contribution is -2.29. The average molecular weight is 187 g/mol. The summed E-state index contributed by atoms with van der Waals surface area (Å²) in [6, 6.07) is 1.15. The van der Waals surface area contributed by atoms with Crippen LogP contribution in [-0.4, -0.2) is 9.55 Å². The quantitative estimate of drug-likeness (QED) is 0.536. The summed E-state index contributed by atoms with van der Waals surface area (Å²) in [6.07, 6.45) is 1.52. The molecule has 0 aliphatic heterocycles. The molecule has 0 aliphatic carbocycles. The molecule has 0 aliphatic rings.